The molecule has 2 fully saturated rings. The number of carboxylic acid groups (broad SMARTS) is 1. The highest BCUT2D eigenvalue weighted by Gasteiger charge is 2.34. The van der Waals surface area contributed by atoms with Crippen LogP contribution in [0.15, 0.2) is 28.0 Å². The summed E-state index contributed by atoms with van der Waals surface area (Å²) in [7, 11) is 0. The van der Waals surface area contributed by atoms with Crippen molar-refractivity contribution in [3.05, 3.63) is 44.7 Å². The molecule has 0 bridgehead atoms. The number of rotatable bonds is 6. The molecule has 2 N–H and O–H groups in total. The van der Waals surface area contributed by atoms with Crippen LogP contribution >= 0.6 is 24.0 Å². The molecule has 2 saturated heterocycles. The largest absolute Gasteiger partial charge is 0.480 e. The normalized spacial score (nSPS) is 18.7. The zero-order chi connectivity index (χ0) is 23.7. The molecule has 10 nitrogen and oxygen atoms in total. The summed E-state index contributed by atoms with van der Waals surface area (Å²) < 4.78 is 1.59. The van der Waals surface area contributed by atoms with Crippen molar-refractivity contribution in [1.82, 2.24) is 19.2 Å². The molecule has 4 rings (SSSR count). The highest BCUT2D eigenvalue weighted by atomic mass is 32.2. The molecule has 2 aliphatic rings. The molecule has 2 aliphatic heterocycles. The van der Waals surface area contributed by atoms with Gasteiger partial charge in [0.05, 0.1) is 17.1 Å². The second-order valence-corrected chi connectivity index (χ2v) is 9.43. The van der Waals surface area contributed by atoms with Gasteiger partial charge in [0.1, 0.15) is 22.3 Å². The van der Waals surface area contributed by atoms with Crippen LogP contribution in [0, 0.1) is 6.92 Å². The molecule has 0 aromatic carbocycles. The van der Waals surface area contributed by atoms with E-state index in [1.807, 2.05) is 17.9 Å². The first-order chi connectivity index (χ1) is 15.8. The van der Waals surface area contributed by atoms with Crippen LogP contribution in [-0.4, -0.2) is 91.5 Å². The molecule has 0 radical (unpaired) electrons. The summed E-state index contributed by atoms with van der Waals surface area (Å²) in [6.45, 7) is 4.63. The van der Waals surface area contributed by atoms with Gasteiger partial charge in [-0.2, -0.15) is 0 Å². The minimum absolute atomic E-state index is 0.0816. The Balaban J connectivity index is 1.80. The monoisotopic (exact) mass is 489 g/mol. The molecular formula is C21H23N5O5S2. The van der Waals surface area contributed by atoms with Gasteiger partial charge in [0, 0.05) is 38.9 Å². The number of thiocarbonyl (C=S) groups is 1. The number of β-amino-alcohol motifs (C(OH)–C–C–N with tert-alkyl or cyclic N) is 1. The highest BCUT2D eigenvalue weighted by Crippen LogP contribution is 2.33. The third-order valence-corrected chi connectivity index (χ3v) is 6.97. The van der Waals surface area contributed by atoms with Gasteiger partial charge in [-0.3, -0.25) is 28.6 Å². The number of piperazine rings is 1. The Morgan fingerprint density at radius 1 is 1.27 bits per heavy atom. The number of anilines is 1. The van der Waals surface area contributed by atoms with E-state index in [1.165, 1.54) is 10.5 Å². The van der Waals surface area contributed by atoms with E-state index in [-0.39, 0.29) is 27.0 Å². The molecule has 0 spiro atoms. The zero-order valence-corrected chi connectivity index (χ0v) is 19.6. The fourth-order valence-corrected chi connectivity index (χ4v) is 5.13. The van der Waals surface area contributed by atoms with Gasteiger partial charge in [0.15, 0.2) is 0 Å². The second-order valence-electron chi connectivity index (χ2n) is 7.75. The predicted molar refractivity (Wildman–Crippen MR) is 129 cm³/mol. The number of aliphatic hydroxyl groups is 1. The van der Waals surface area contributed by atoms with E-state index >= 15 is 0 Å². The summed E-state index contributed by atoms with van der Waals surface area (Å²) in [5.74, 6) is -1.24. The van der Waals surface area contributed by atoms with Crippen LogP contribution in [0.25, 0.3) is 11.7 Å². The van der Waals surface area contributed by atoms with Crippen molar-refractivity contribution < 1.29 is 19.8 Å². The number of aryl methyl sites for hydroxylation is 1. The SMILES string of the molecule is Cc1cccn2c(=O)c(/C=C3/SC(=S)N(CC(=O)O)C3=O)c(N3CCN(CCO)CC3)nc12. The first-order valence-corrected chi connectivity index (χ1v) is 11.6. The maximum atomic E-state index is 13.5. The van der Waals surface area contributed by atoms with Crippen molar-refractivity contribution in [2.75, 3.05) is 50.8 Å². The van der Waals surface area contributed by atoms with E-state index in [0.717, 1.165) is 22.2 Å². The first kappa shape index (κ1) is 23.4. The number of hydrogen-bond acceptors (Lipinski definition) is 9. The van der Waals surface area contributed by atoms with Crippen LogP contribution < -0.4 is 10.5 Å². The van der Waals surface area contributed by atoms with Crippen molar-refractivity contribution in [2.45, 2.75) is 6.92 Å². The molecule has 0 atom stereocenters. The molecule has 2 aromatic rings. The molecule has 2 aromatic heterocycles. The Morgan fingerprint density at radius 2 is 2.00 bits per heavy atom. The van der Waals surface area contributed by atoms with Crippen molar-refractivity contribution in [1.29, 1.82) is 0 Å². The van der Waals surface area contributed by atoms with Gasteiger partial charge in [0.2, 0.25) is 0 Å². The summed E-state index contributed by atoms with van der Waals surface area (Å²) in [6.07, 6.45) is 3.11. The molecule has 33 heavy (non-hydrogen) atoms. The number of pyridine rings is 1. The molecule has 1 amide bonds. The average molecular weight is 490 g/mol. The Hall–Kier alpha value is -2.80. The minimum Gasteiger partial charge on any atom is -0.480 e. The fourth-order valence-electron chi connectivity index (χ4n) is 3.90. The number of thioether (sulfide) groups is 1. The lowest BCUT2D eigenvalue weighted by Gasteiger charge is -2.35. The van der Waals surface area contributed by atoms with E-state index in [2.05, 4.69) is 4.90 Å². The number of carboxylic acids is 1. The smallest absolute Gasteiger partial charge is 0.323 e. The third kappa shape index (κ3) is 4.64. The zero-order valence-electron chi connectivity index (χ0n) is 17.9. The van der Waals surface area contributed by atoms with Crippen molar-refractivity contribution in [3.8, 4) is 0 Å². The van der Waals surface area contributed by atoms with E-state index in [1.54, 1.807) is 12.3 Å². The lowest BCUT2D eigenvalue weighted by Crippen LogP contribution is -2.48. The Bertz CT molecular complexity index is 1220. The van der Waals surface area contributed by atoms with E-state index in [4.69, 9.17) is 22.3 Å². The van der Waals surface area contributed by atoms with Crippen LogP contribution in [-0.2, 0) is 9.59 Å². The molecule has 0 aliphatic carbocycles. The van der Waals surface area contributed by atoms with Crippen LogP contribution in [0.1, 0.15) is 11.1 Å². The first-order valence-electron chi connectivity index (χ1n) is 10.4. The van der Waals surface area contributed by atoms with Gasteiger partial charge in [-0.15, -0.1) is 0 Å². The van der Waals surface area contributed by atoms with E-state index in [9.17, 15) is 19.5 Å². The number of aliphatic hydroxyl groups excluding tert-OH is 1. The molecule has 12 heteroatoms. The number of hydrogen-bond donors (Lipinski definition) is 2. The lowest BCUT2D eigenvalue weighted by molar-refractivity contribution is -0.140. The molecule has 174 valence electrons. The van der Waals surface area contributed by atoms with Crippen molar-refractivity contribution >= 4 is 57.7 Å². The van der Waals surface area contributed by atoms with Gasteiger partial charge >= 0.3 is 5.97 Å². The Morgan fingerprint density at radius 3 is 2.67 bits per heavy atom. The Kier molecular flexibility index (Phi) is 6.79. The maximum absolute atomic E-state index is 13.5. The molecule has 0 unspecified atom stereocenters. The number of carbonyl (C=O) groups excluding carboxylic acids is 1. The van der Waals surface area contributed by atoms with Crippen molar-refractivity contribution in [2.24, 2.45) is 0 Å². The second kappa shape index (κ2) is 9.59. The average Bonchev–Trinajstić information content (AvgIpc) is 3.04. The maximum Gasteiger partial charge on any atom is 0.323 e. The quantitative estimate of drug-likeness (QED) is 0.436. The predicted octanol–water partition coefficient (Wildman–Crippen LogP) is 0.403. The topological polar surface area (TPSA) is 119 Å². The van der Waals surface area contributed by atoms with Crippen LogP contribution in [0.4, 0.5) is 5.82 Å². The standard InChI is InChI=1S/C21H23N5O5S2/c1-13-3-2-4-25-17(13)22-18(24-7-5-23(6-8-24)9-10-27)14(19(25)30)11-15-20(31)26(12-16(28)29)21(32)33-15/h2-4,11,27H,5-10,12H2,1H3,(H,28,29)/b15-11+. The molecular weight excluding hydrogens is 466 g/mol. The molecule has 0 saturated carbocycles. The van der Waals surface area contributed by atoms with Crippen LogP contribution in [0.2, 0.25) is 0 Å². The summed E-state index contributed by atoms with van der Waals surface area (Å²) in [5.41, 5.74) is 1.31. The minimum atomic E-state index is -1.17. The number of aromatic nitrogens is 2. The van der Waals surface area contributed by atoms with Gasteiger partial charge in [0.25, 0.3) is 11.5 Å². The number of carbonyl (C=O) groups is 2. The summed E-state index contributed by atoms with van der Waals surface area (Å²) in [5, 5.41) is 18.3. The molecule has 4 heterocycles. The van der Waals surface area contributed by atoms with Gasteiger partial charge in [-0.25, -0.2) is 4.98 Å². The summed E-state index contributed by atoms with van der Waals surface area (Å²) in [4.78, 5) is 47.5. The van der Waals surface area contributed by atoms with E-state index < -0.39 is 18.4 Å². The van der Waals surface area contributed by atoms with Crippen LogP contribution in [0.5, 0.6) is 0 Å². The van der Waals surface area contributed by atoms with E-state index in [0.29, 0.717) is 44.2 Å². The van der Waals surface area contributed by atoms with Crippen LogP contribution in [0.3, 0.4) is 0 Å². The third-order valence-electron chi connectivity index (χ3n) is 5.59. The number of aliphatic carboxylic acids is 1. The number of nitrogens with zero attached hydrogens (tertiary/aromatic N) is 5. The fraction of sp³-hybridized carbons (Fsp3) is 0.381. The lowest BCUT2D eigenvalue weighted by atomic mass is 10.2. The van der Waals surface area contributed by atoms with Gasteiger partial charge in [-0.05, 0) is 24.6 Å². The Labute approximate surface area is 199 Å². The number of amides is 1. The summed E-state index contributed by atoms with van der Waals surface area (Å²) in [6, 6.07) is 3.64. The summed E-state index contributed by atoms with van der Waals surface area (Å²) >= 11 is 6.15. The van der Waals surface area contributed by atoms with Crippen molar-refractivity contribution in [3.63, 3.8) is 0 Å². The number of fused-ring (bicyclic) bond motifs is 1. The van der Waals surface area contributed by atoms with Gasteiger partial charge in [-0.1, -0.05) is 30.0 Å². The highest BCUT2D eigenvalue weighted by molar-refractivity contribution is 8.26. The van der Waals surface area contributed by atoms with Gasteiger partial charge < -0.3 is 15.1 Å².